The van der Waals surface area contributed by atoms with Crippen molar-refractivity contribution in [1.82, 2.24) is 4.31 Å². The minimum atomic E-state index is -3.68. The molecule has 1 atom stereocenters. The van der Waals surface area contributed by atoms with Crippen LogP contribution >= 0.6 is 0 Å². The molecule has 2 aromatic carbocycles. The Kier molecular flexibility index (Phi) is 5.15. The second kappa shape index (κ2) is 7.35. The summed E-state index contributed by atoms with van der Waals surface area (Å²) < 4.78 is 38.1. The molecule has 0 radical (unpaired) electrons. The lowest BCUT2D eigenvalue weighted by molar-refractivity contribution is -0.114. The SMILES string of the molecule is CC(=O)Nc1ccc(S(=O)(=O)N(C)C[C@@H]2COc3ccccc3O2)cc1. The van der Waals surface area contributed by atoms with Crippen molar-refractivity contribution in [3.63, 3.8) is 0 Å². The highest BCUT2D eigenvalue weighted by atomic mass is 32.2. The predicted molar refractivity (Wildman–Crippen MR) is 96.9 cm³/mol. The predicted octanol–water partition coefficient (Wildman–Crippen LogP) is 2.11. The Morgan fingerprint density at radius 3 is 2.46 bits per heavy atom. The van der Waals surface area contributed by atoms with Gasteiger partial charge in [0.2, 0.25) is 15.9 Å². The summed E-state index contributed by atoms with van der Waals surface area (Å²) in [5.41, 5.74) is 0.541. The zero-order valence-electron chi connectivity index (χ0n) is 14.5. The smallest absolute Gasteiger partial charge is 0.242 e. The number of benzene rings is 2. The highest BCUT2D eigenvalue weighted by Crippen LogP contribution is 2.31. The van der Waals surface area contributed by atoms with Gasteiger partial charge in [0.15, 0.2) is 11.5 Å². The van der Waals surface area contributed by atoms with Crippen molar-refractivity contribution in [3.8, 4) is 11.5 Å². The number of ether oxygens (including phenoxy) is 2. The highest BCUT2D eigenvalue weighted by Gasteiger charge is 2.28. The molecule has 26 heavy (non-hydrogen) atoms. The Bertz CT molecular complexity index is 896. The molecule has 3 rings (SSSR count). The van der Waals surface area contributed by atoms with Crippen LogP contribution in [0.5, 0.6) is 11.5 Å². The highest BCUT2D eigenvalue weighted by molar-refractivity contribution is 7.89. The first-order valence-corrected chi connectivity index (χ1v) is 9.53. The van der Waals surface area contributed by atoms with Gasteiger partial charge in [-0.3, -0.25) is 4.79 Å². The second-order valence-electron chi connectivity index (χ2n) is 5.99. The molecule has 0 saturated heterocycles. The number of amides is 1. The fourth-order valence-corrected chi connectivity index (χ4v) is 3.83. The van der Waals surface area contributed by atoms with E-state index in [1.807, 2.05) is 18.2 Å². The summed E-state index contributed by atoms with van der Waals surface area (Å²) in [4.78, 5) is 11.2. The van der Waals surface area contributed by atoms with Gasteiger partial charge in [0.05, 0.1) is 11.4 Å². The molecule has 0 saturated carbocycles. The summed E-state index contributed by atoms with van der Waals surface area (Å²) in [6, 6.07) is 13.3. The maximum absolute atomic E-state index is 12.7. The molecule has 0 unspecified atom stereocenters. The average molecular weight is 376 g/mol. The minimum absolute atomic E-state index is 0.145. The molecule has 1 N–H and O–H groups in total. The molecule has 2 aromatic rings. The minimum Gasteiger partial charge on any atom is -0.486 e. The van der Waals surface area contributed by atoms with Gasteiger partial charge in [-0.2, -0.15) is 4.31 Å². The van der Waals surface area contributed by atoms with Gasteiger partial charge < -0.3 is 14.8 Å². The molecule has 0 bridgehead atoms. The Hall–Kier alpha value is -2.58. The summed E-state index contributed by atoms with van der Waals surface area (Å²) in [6.45, 7) is 1.82. The third-order valence-corrected chi connectivity index (χ3v) is 5.75. The number of anilines is 1. The maximum atomic E-state index is 12.7. The number of sulfonamides is 1. The van der Waals surface area contributed by atoms with E-state index >= 15 is 0 Å². The van der Waals surface area contributed by atoms with E-state index in [2.05, 4.69) is 5.32 Å². The summed E-state index contributed by atoms with van der Waals surface area (Å²) in [7, 11) is -2.17. The van der Waals surface area contributed by atoms with Crippen LogP contribution in [0.2, 0.25) is 0 Å². The van der Waals surface area contributed by atoms with Gasteiger partial charge in [0, 0.05) is 19.7 Å². The number of fused-ring (bicyclic) bond motifs is 1. The number of likely N-dealkylation sites (N-methyl/N-ethyl adjacent to an activating group) is 1. The van der Waals surface area contributed by atoms with Crippen molar-refractivity contribution < 1.29 is 22.7 Å². The monoisotopic (exact) mass is 376 g/mol. The molecule has 8 heteroatoms. The molecule has 1 aliphatic heterocycles. The van der Waals surface area contributed by atoms with Gasteiger partial charge in [0.25, 0.3) is 0 Å². The number of nitrogens with zero attached hydrogens (tertiary/aromatic N) is 1. The lowest BCUT2D eigenvalue weighted by atomic mass is 10.2. The van der Waals surface area contributed by atoms with Crippen LogP contribution in [0, 0.1) is 0 Å². The van der Waals surface area contributed by atoms with E-state index in [1.165, 1.54) is 30.4 Å². The van der Waals surface area contributed by atoms with Crippen LogP contribution in [0.15, 0.2) is 53.4 Å². The number of para-hydroxylation sites is 2. The average Bonchev–Trinajstić information content (AvgIpc) is 2.61. The van der Waals surface area contributed by atoms with Crippen molar-refractivity contribution in [1.29, 1.82) is 0 Å². The molecular weight excluding hydrogens is 356 g/mol. The maximum Gasteiger partial charge on any atom is 0.242 e. The van der Waals surface area contributed by atoms with Crippen LogP contribution in [-0.2, 0) is 14.8 Å². The third kappa shape index (κ3) is 3.97. The van der Waals surface area contributed by atoms with Crippen molar-refractivity contribution in [3.05, 3.63) is 48.5 Å². The van der Waals surface area contributed by atoms with Gasteiger partial charge in [-0.15, -0.1) is 0 Å². The normalized spacial score (nSPS) is 16.3. The van der Waals surface area contributed by atoms with E-state index < -0.39 is 16.1 Å². The van der Waals surface area contributed by atoms with Gasteiger partial charge >= 0.3 is 0 Å². The zero-order chi connectivity index (χ0) is 18.7. The number of rotatable bonds is 5. The number of carbonyl (C=O) groups is 1. The number of nitrogens with one attached hydrogen (secondary N) is 1. The molecule has 0 spiro atoms. The molecule has 0 fully saturated rings. The first kappa shape index (κ1) is 18.2. The van der Waals surface area contributed by atoms with E-state index in [0.29, 0.717) is 17.2 Å². The van der Waals surface area contributed by atoms with E-state index in [-0.39, 0.29) is 24.0 Å². The molecule has 1 aliphatic rings. The Morgan fingerprint density at radius 1 is 1.15 bits per heavy atom. The molecule has 138 valence electrons. The van der Waals surface area contributed by atoms with Crippen LogP contribution in [0.3, 0.4) is 0 Å². The lowest BCUT2D eigenvalue weighted by Gasteiger charge is -2.29. The van der Waals surface area contributed by atoms with Crippen LogP contribution in [0.25, 0.3) is 0 Å². The number of hydrogen-bond donors (Lipinski definition) is 1. The van der Waals surface area contributed by atoms with Crippen LogP contribution < -0.4 is 14.8 Å². The molecular formula is C18H20N2O5S. The Balaban J connectivity index is 1.69. The summed E-state index contributed by atoms with van der Waals surface area (Å²) >= 11 is 0. The van der Waals surface area contributed by atoms with E-state index in [1.54, 1.807) is 18.2 Å². The van der Waals surface area contributed by atoms with E-state index in [0.717, 1.165) is 0 Å². The molecule has 1 heterocycles. The second-order valence-corrected chi connectivity index (χ2v) is 8.03. The standard InChI is InChI=1S/C18H20N2O5S/c1-13(21)19-14-7-9-16(10-8-14)26(22,23)20(2)11-15-12-24-17-5-3-4-6-18(17)25-15/h3-10,15H,11-12H2,1-2H3,(H,19,21)/t15-/m1/s1. The molecule has 0 aromatic heterocycles. The molecule has 1 amide bonds. The van der Waals surface area contributed by atoms with Crippen molar-refractivity contribution >= 4 is 21.6 Å². The van der Waals surface area contributed by atoms with E-state index in [9.17, 15) is 13.2 Å². The van der Waals surface area contributed by atoms with Crippen LogP contribution in [-0.4, -0.2) is 44.9 Å². The molecule has 7 nitrogen and oxygen atoms in total. The topological polar surface area (TPSA) is 84.9 Å². The summed E-state index contributed by atoms with van der Waals surface area (Å²) in [6.07, 6.45) is -0.400. The first-order valence-electron chi connectivity index (χ1n) is 8.09. The fraction of sp³-hybridized carbons (Fsp3) is 0.278. The molecule has 0 aliphatic carbocycles. The van der Waals surface area contributed by atoms with Crippen molar-refractivity contribution in [2.45, 2.75) is 17.9 Å². The number of hydrogen-bond acceptors (Lipinski definition) is 5. The van der Waals surface area contributed by atoms with Crippen LogP contribution in [0.1, 0.15) is 6.92 Å². The Labute approximate surface area is 152 Å². The Morgan fingerprint density at radius 2 is 1.81 bits per heavy atom. The van der Waals surface area contributed by atoms with Gasteiger partial charge in [-0.1, -0.05) is 12.1 Å². The van der Waals surface area contributed by atoms with Gasteiger partial charge in [-0.05, 0) is 36.4 Å². The largest absolute Gasteiger partial charge is 0.486 e. The van der Waals surface area contributed by atoms with Gasteiger partial charge in [0.1, 0.15) is 12.7 Å². The number of carbonyl (C=O) groups excluding carboxylic acids is 1. The van der Waals surface area contributed by atoms with Crippen molar-refractivity contribution in [2.75, 3.05) is 25.5 Å². The van der Waals surface area contributed by atoms with Crippen molar-refractivity contribution in [2.24, 2.45) is 0 Å². The summed E-state index contributed by atoms with van der Waals surface area (Å²) in [5, 5.41) is 2.60. The zero-order valence-corrected chi connectivity index (χ0v) is 15.3. The van der Waals surface area contributed by atoms with E-state index in [4.69, 9.17) is 9.47 Å². The quantitative estimate of drug-likeness (QED) is 0.864. The lowest BCUT2D eigenvalue weighted by Crippen LogP contribution is -2.41. The van der Waals surface area contributed by atoms with Crippen LogP contribution in [0.4, 0.5) is 5.69 Å². The van der Waals surface area contributed by atoms with Gasteiger partial charge in [-0.25, -0.2) is 8.42 Å². The fourth-order valence-electron chi connectivity index (χ4n) is 2.63. The third-order valence-electron chi connectivity index (χ3n) is 3.91. The first-order chi connectivity index (χ1) is 12.4. The summed E-state index contributed by atoms with van der Waals surface area (Å²) in [5.74, 6) is 1.05.